The molecule has 0 aromatic heterocycles. The molecule has 0 saturated carbocycles. The Hall–Kier alpha value is -1.51. The highest BCUT2D eigenvalue weighted by molar-refractivity contribution is 5.50. The minimum Gasteiger partial charge on any atom is -0.497 e. The van der Waals surface area contributed by atoms with Gasteiger partial charge in [0.05, 0.1) is 12.8 Å². The SMILES string of the molecule is C=CCCC(C)Nc1cc(OC)ccc1F. The largest absolute Gasteiger partial charge is 0.497 e. The third-order valence-corrected chi connectivity index (χ3v) is 2.38. The summed E-state index contributed by atoms with van der Waals surface area (Å²) < 4.78 is 18.5. The van der Waals surface area contributed by atoms with Gasteiger partial charge in [-0.25, -0.2) is 4.39 Å². The highest BCUT2D eigenvalue weighted by atomic mass is 19.1. The van der Waals surface area contributed by atoms with Crippen molar-refractivity contribution in [3.05, 3.63) is 36.7 Å². The van der Waals surface area contributed by atoms with Gasteiger partial charge in [-0.1, -0.05) is 6.08 Å². The van der Waals surface area contributed by atoms with E-state index in [1.807, 2.05) is 13.0 Å². The maximum absolute atomic E-state index is 13.5. The molecule has 0 aliphatic heterocycles. The maximum Gasteiger partial charge on any atom is 0.146 e. The first kappa shape index (κ1) is 12.6. The lowest BCUT2D eigenvalue weighted by molar-refractivity contribution is 0.414. The molecule has 2 nitrogen and oxygen atoms in total. The first-order valence-corrected chi connectivity index (χ1v) is 5.38. The van der Waals surface area contributed by atoms with Crippen molar-refractivity contribution in [1.82, 2.24) is 0 Å². The molecule has 0 aliphatic carbocycles. The summed E-state index contributed by atoms with van der Waals surface area (Å²) in [6, 6.07) is 4.88. The van der Waals surface area contributed by atoms with Gasteiger partial charge in [-0.05, 0) is 31.9 Å². The number of anilines is 1. The molecule has 1 unspecified atom stereocenters. The van der Waals surface area contributed by atoms with Crippen molar-refractivity contribution in [3.8, 4) is 5.75 Å². The van der Waals surface area contributed by atoms with Gasteiger partial charge in [0.2, 0.25) is 0 Å². The normalized spacial score (nSPS) is 11.9. The molecule has 0 radical (unpaired) electrons. The zero-order valence-electron chi connectivity index (χ0n) is 9.79. The van der Waals surface area contributed by atoms with Gasteiger partial charge < -0.3 is 10.1 Å². The average Bonchev–Trinajstić information content (AvgIpc) is 2.29. The molecule has 0 aliphatic rings. The third kappa shape index (κ3) is 3.57. The van der Waals surface area contributed by atoms with E-state index in [2.05, 4.69) is 11.9 Å². The molecule has 0 heterocycles. The van der Waals surface area contributed by atoms with Crippen LogP contribution < -0.4 is 10.1 Å². The fourth-order valence-electron chi connectivity index (χ4n) is 1.45. The summed E-state index contributed by atoms with van der Waals surface area (Å²) in [5.74, 6) is 0.395. The Morgan fingerprint density at radius 2 is 2.31 bits per heavy atom. The summed E-state index contributed by atoms with van der Waals surface area (Å²) in [4.78, 5) is 0. The second kappa shape index (κ2) is 6.16. The van der Waals surface area contributed by atoms with E-state index in [0.29, 0.717) is 11.4 Å². The molecule has 0 fully saturated rings. The minimum atomic E-state index is -0.258. The van der Waals surface area contributed by atoms with Gasteiger partial charge in [-0.15, -0.1) is 6.58 Å². The van der Waals surface area contributed by atoms with Crippen LogP contribution in [-0.2, 0) is 0 Å². The van der Waals surface area contributed by atoms with Crippen LogP contribution in [-0.4, -0.2) is 13.2 Å². The fourth-order valence-corrected chi connectivity index (χ4v) is 1.45. The minimum absolute atomic E-state index is 0.208. The van der Waals surface area contributed by atoms with Crippen LogP contribution >= 0.6 is 0 Å². The molecule has 1 atom stereocenters. The average molecular weight is 223 g/mol. The van der Waals surface area contributed by atoms with Crippen LogP contribution in [0.3, 0.4) is 0 Å². The van der Waals surface area contributed by atoms with Crippen LogP contribution in [0.2, 0.25) is 0 Å². The summed E-state index contributed by atoms with van der Waals surface area (Å²) in [5.41, 5.74) is 0.482. The quantitative estimate of drug-likeness (QED) is 0.744. The van der Waals surface area contributed by atoms with Gasteiger partial charge in [0.15, 0.2) is 0 Å². The summed E-state index contributed by atoms with van der Waals surface area (Å²) >= 11 is 0. The number of nitrogens with one attached hydrogen (secondary N) is 1. The zero-order chi connectivity index (χ0) is 12.0. The standard InChI is InChI=1S/C13H18FNO/c1-4-5-6-10(2)15-13-9-11(16-3)7-8-12(13)14/h4,7-10,15H,1,5-6H2,2-3H3. The van der Waals surface area contributed by atoms with Gasteiger partial charge in [0.1, 0.15) is 11.6 Å². The van der Waals surface area contributed by atoms with Crippen LogP contribution in [0.1, 0.15) is 19.8 Å². The Labute approximate surface area is 96.1 Å². The van der Waals surface area contributed by atoms with Gasteiger partial charge in [-0.2, -0.15) is 0 Å². The smallest absolute Gasteiger partial charge is 0.146 e. The lowest BCUT2D eigenvalue weighted by Gasteiger charge is -2.15. The van der Waals surface area contributed by atoms with E-state index in [-0.39, 0.29) is 11.9 Å². The molecule has 1 aromatic carbocycles. The van der Waals surface area contributed by atoms with E-state index >= 15 is 0 Å². The lowest BCUT2D eigenvalue weighted by Crippen LogP contribution is -2.15. The van der Waals surface area contributed by atoms with E-state index in [1.165, 1.54) is 6.07 Å². The van der Waals surface area contributed by atoms with Crippen molar-refractivity contribution in [3.63, 3.8) is 0 Å². The molecule has 1 aromatic rings. The topological polar surface area (TPSA) is 21.3 Å². The van der Waals surface area contributed by atoms with Crippen molar-refractivity contribution in [2.45, 2.75) is 25.8 Å². The van der Waals surface area contributed by atoms with Crippen LogP contribution in [0.15, 0.2) is 30.9 Å². The van der Waals surface area contributed by atoms with Crippen molar-refractivity contribution in [2.75, 3.05) is 12.4 Å². The first-order valence-electron chi connectivity index (χ1n) is 5.38. The number of ether oxygens (including phenoxy) is 1. The van der Waals surface area contributed by atoms with Crippen molar-refractivity contribution >= 4 is 5.69 Å². The number of benzene rings is 1. The predicted octanol–water partition coefficient (Wildman–Crippen LogP) is 3.60. The Bertz CT molecular complexity index is 352. The molecular weight excluding hydrogens is 205 g/mol. The molecule has 3 heteroatoms. The van der Waals surface area contributed by atoms with E-state index < -0.39 is 0 Å². The Morgan fingerprint density at radius 1 is 1.56 bits per heavy atom. The molecule has 0 bridgehead atoms. The lowest BCUT2D eigenvalue weighted by atomic mass is 10.1. The van der Waals surface area contributed by atoms with Crippen molar-refractivity contribution < 1.29 is 9.13 Å². The van der Waals surface area contributed by atoms with Gasteiger partial charge in [0, 0.05) is 12.1 Å². The highest BCUT2D eigenvalue weighted by Gasteiger charge is 2.07. The van der Waals surface area contributed by atoms with Gasteiger partial charge >= 0.3 is 0 Å². The predicted molar refractivity (Wildman–Crippen MR) is 65.5 cm³/mol. The van der Waals surface area contributed by atoms with E-state index in [0.717, 1.165) is 12.8 Å². The molecule has 1 rings (SSSR count). The highest BCUT2D eigenvalue weighted by Crippen LogP contribution is 2.22. The molecule has 0 amide bonds. The molecule has 1 N–H and O–H groups in total. The number of allylic oxidation sites excluding steroid dienone is 1. The van der Waals surface area contributed by atoms with E-state index in [4.69, 9.17) is 4.74 Å². The summed E-state index contributed by atoms with van der Waals surface area (Å²) in [6.07, 6.45) is 3.71. The van der Waals surface area contributed by atoms with Crippen LogP contribution in [0.4, 0.5) is 10.1 Å². The summed E-state index contributed by atoms with van der Waals surface area (Å²) in [5, 5.41) is 3.12. The zero-order valence-corrected chi connectivity index (χ0v) is 9.79. The monoisotopic (exact) mass is 223 g/mol. The first-order chi connectivity index (χ1) is 7.67. The van der Waals surface area contributed by atoms with Gasteiger partial charge in [0.25, 0.3) is 0 Å². The molecule has 16 heavy (non-hydrogen) atoms. The fraction of sp³-hybridized carbons (Fsp3) is 0.385. The van der Waals surface area contributed by atoms with Crippen molar-refractivity contribution in [2.24, 2.45) is 0 Å². The Kier molecular flexibility index (Phi) is 4.83. The number of rotatable bonds is 6. The van der Waals surface area contributed by atoms with Gasteiger partial charge in [-0.3, -0.25) is 0 Å². The number of hydrogen-bond acceptors (Lipinski definition) is 2. The Balaban J connectivity index is 2.67. The molecule has 0 spiro atoms. The van der Waals surface area contributed by atoms with E-state index in [9.17, 15) is 4.39 Å². The number of methoxy groups -OCH3 is 1. The van der Waals surface area contributed by atoms with Crippen LogP contribution in [0.5, 0.6) is 5.75 Å². The number of halogens is 1. The Morgan fingerprint density at radius 3 is 2.94 bits per heavy atom. The van der Waals surface area contributed by atoms with Crippen LogP contribution in [0.25, 0.3) is 0 Å². The molecule has 0 saturated heterocycles. The van der Waals surface area contributed by atoms with E-state index in [1.54, 1.807) is 19.2 Å². The number of hydrogen-bond donors (Lipinski definition) is 1. The summed E-state index contributed by atoms with van der Waals surface area (Å²) in [6.45, 7) is 5.68. The molecular formula is C13H18FNO. The second-order valence-electron chi connectivity index (χ2n) is 3.76. The molecule has 88 valence electrons. The second-order valence-corrected chi connectivity index (χ2v) is 3.76. The van der Waals surface area contributed by atoms with Crippen molar-refractivity contribution in [1.29, 1.82) is 0 Å². The summed E-state index contributed by atoms with van der Waals surface area (Å²) in [7, 11) is 1.57. The maximum atomic E-state index is 13.5. The third-order valence-electron chi connectivity index (χ3n) is 2.38. The van der Waals surface area contributed by atoms with Crippen LogP contribution in [0, 0.1) is 5.82 Å².